The van der Waals surface area contributed by atoms with Gasteiger partial charge in [0.25, 0.3) is 0 Å². The number of methoxy groups -OCH3 is 1. The Morgan fingerprint density at radius 2 is 1.94 bits per heavy atom. The molecule has 172 valence electrons. The fraction of sp³-hybridized carbons (Fsp3) is 0.346. The first-order valence-electron chi connectivity index (χ1n) is 11.3. The average molecular weight is 469 g/mol. The SMILES string of the molecule is COc1ccccc1[C@H]1c2sc3c(c2CCN1CC(=O)Nc1ccc(F)cc1F)CCCC3. The molecule has 3 aromatic rings. The highest BCUT2D eigenvalue weighted by Gasteiger charge is 2.36. The van der Waals surface area contributed by atoms with Crippen LogP contribution >= 0.6 is 11.3 Å². The van der Waals surface area contributed by atoms with Crippen molar-refractivity contribution in [3.63, 3.8) is 0 Å². The third-order valence-corrected chi connectivity index (χ3v) is 7.95. The predicted molar refractivity (Wildman–Crippen MR) is 126 cm³/mol. The number of nitrogens with zero attached hydrogens (tertiary/aromatic N) is 1. The lowest BCUT2D eigenvalue weighted by Gasteiger charge is -2.36. The molecule has 0 fully saturated rings. The zero-order valence-corrected chi connectivity index (χ0v) is 19.3. The molecular formula is C26H26F2N2O2S. The van der Waals surface area contributed by atoms with E-state index in [2.05, 4.69) is 16.3 Å². The van der Waals surface area contributed by atoms with Crippen LogP contribution in [0, 0.1) is 11.6 Å². The van der Waals surface area contributed by atoms with Gasteiger partial charge in [-0.05, 0) is 61.4 Å². The first-order valence-corrected chi connectivity index (χ1v) is 12.1. The van der Waals surface area contributed by atoms with Crippen LogP contribution < -0.4 is 10.1 Å². The summed E-state index contributed by atoms with van der Waals surface area (Å²) in [4.78, 5) is 17.8. The number of carbonyl (C=O) groups excluding carboxylic acids is 1. The third kappa shape index (κ3) is 4.27. The fourth-order valence-corrected chi connectivity index (χ4v) is 6.66. The largest absolute Gasteiger partial charge is 0.496 e. The summed E-state index contributed by atoms with van der Waals surface area (Å²) in [5.41, 5.74) is 3.96. The average Bonchev–Trinajstić information content (AvgIpc) is 3.19. The molecule has 0 saturated heterocycles. The van der Waals surface area contributed by atoms with Crippen molar-refractivity contribution in [1.82, 2.24) is 4.90 Å². The van der Waals surface area contributed by atoms with Crippen LogP contribution in [0.5, 0.6) is 5.75 Å². The first kappa shape index (κ1) is 22.0. The van der Waals surface area contributed by atoms with Crippen LogP contribution in [0.15, 0.2) is 42.5 Å². The molecule has 5 rings (SSSR count). The van der Waals surface area contributed by atoms with E-state index in [-0.39, 0.29) is 24.2 Å². The van der Waals surface area contributed by atoms with Crippen molar-refractivity contribution >= 4 is 22.9 Å². The summed E-state index contributed by atoms with van der Waals surface area (Å²) in [6, 6.07) is 11.0. The molecule has 1 atom stereocenters. The zero-order valence-electron chi connectivity index (χ0n) is 18.5. The second kappa shape index (κ2) is 9.23. The summed E-state index contributed by atoms with van der Waals surface area (Å²) in [5.74, 6) is -0.995. The van der Waals surface area contributed by atoms with Gasteiger partial charge in [0.05, 0.1) is 25.4 Å². The number of aryl methyl sites for hydroxylation is 1. The van der Waals surface area contributed by atoms with E-state index < -0.39 is 11.6 Å². The summed E-state index contributed by atoms with van der Waals surface area (Å²) in [5, 5.41) is 2.61. The number of para-hydroxylation sites is 1. The summed E-state index contributed by atoms with van der Waals surface area (Å²) < 4.78 is 33.0. The topological polar surface area (TPSA) is 41.6 Å². The minimum Gasteiger partial charge on any atom is -0.496 e. The number of nitrogens with one attached hydrogen (secondary N) is 1. The maximum absolute atomic E-state index is 14.1. The number of hydrogen-bond donors (Lipinski definition) is 1. The van der Waals surface area contributed by atoms with Crippen molar-refractivity contribution in [2.75, 3.05) is 25.5 Å². The van der Waals surface area contributed by atoms with E-state index in [0.29, 0.717) is 0 Å². The molecule has 0 bridgehead atoms. The van der Waals surface area contributed by atoms with Gasteiger partial charge >= 0.3 is 0 Å². The molecule has 1 aliphatic heterocycles. The maximum atomic E-state index is 14.1. The van der Waals surface area contributed by atoms with E-state index in [1.807, 2.05) is 29.5 Å². The van der Waals surface area contributed by atoms with Gasteiger partial charge in [-0.3, -0.25) is 9.69 Å². The van der Waals surface area contributed by atoms with Crippen LogP contribution in [-0.4, -0.2) is 31.0 Å². The number of anilines is 1. The summed E-state index contributed by atoms with van der Waals surface area (Å²) in [6.45, 7) is 0.819. The molecular weight excluding hydrogens is 442 g/mol. The molecule has 4 nitrogen and oxygen atoms in total. The van der Waals surface area contributed by atoms with Crippen molar-refractivity contribution in [3.05, 3.63) is 80.5 Å². The Bertz CT molecular complexity index is 1190. The normalized spacial score (nSPS) is 17.8. The summed E-state index contributed by atoms with van der Waals surface area (Å²) in [7, 11) is 1.66. The molecule has 1 N–H and O–H groups in total. The molecule has 7 heteroatoms. The van der Waals surface area contributed by atoms with Crippen LogP contribution in [0.3, 0.4) is 0 Å². The number of benzene rings is 2. The van der Waals surface area contributed by atoms with Gasteiger partial charge in [-0.15, -0.1) is 11.3 Å². The maximum Gasteiger partial charge on any atom is 0.238 e. The molecule has 0 unspecified atom stereocenters. The molecule has 0 spiro atoms. The van der Waals surface area contributed by atoms with Gasteiger partial charge in [0.2, 0.25) is 5.91 Å². The first-order chi connectivity index (χ1) is 16.0. The van der Waals surface area contributed by atoms with Gasteiger partial charge in [-0.1, -0.05) is 18.2 Å². The van der Waals surface area contributed by atoms with Gasteiger partial charge in [-0.25, -0.2) is 8.78 Å². The van der Waals surface area contributed by atoms with Gasteiger partial charge < -0.3 is 10.1 Å². The van der Waals surface area contributed by atoms with Crippen LogP contribution in [0.2, 0.25) is 0 Å². The Morgan fingerprint density at radius 3 is 2.76 bits per heavy atom. The molecule has 2 aliphatic rings. The van der Waals surface area contributed by atoms with Crippen LogP contribution in [0.4, 0.5) is 14.5 Å². The summed E-state index contributed by atoms with van der Waals surface area (Å²) in [6.07, 6.45) is 5.59. The molecule has 33 heavy (non-hydrogen) atoms. The highest BCUT2D eigenvalue weighted by Crippen LogP contribution is 2.46. The van der Waals surface area contributed by atoms with E-state index in [9.17, 15) is 13.6 Å². The van der Waals surface area contributed by atoms with Crippen molar-refractivity contribution in [2.45, 2.75) is 38.1 Å². The van der Waals surface area contributed by atoms with Crippen molar-refractivity contribution in [3.8, 4) is 5.75 Å². The van der Waals surface area contributed by atoms with Crippen molar-refractivity contribution < 1.29 is 18.3 Å². The van der Waals surface area contributed by atoms with Gasteiger partial charge in [0.1, 0.15) is 17.4 Å². The minimum atomic E-state index is -0.781. The number of thiophene rings is 1. The number of carbonyl (C=O) groups is 1. The van der Waals surface area contributed by atoms with Crippen LogP contribution in [-0.2, 0) is 24.1 Å². The Hall–Kier alpha value is -2.77. The number of rotatable bonds is 5. The zero-order chi connectivity index (χ0) is 22.9. The van der Waals surface area contributed by atoms with E-state index in [0.717, 1.165) is 49.3 Å². The number of halogens is 2. The lowest BCUT2D eigenvalue weighted by molar-refractivity contribution is -0.117. The number of hydrogen-bond acceptors (Lipinski definition) is 4. The van der Waals surface area contributed by atoms with Crippen molar-refractivity contribution in [2.24, 2.45) is 0 Å². The lowest BCUT2D eigenvalue weighted by Crippen LogP contribution is -2.41. The number of ether oxygens (including phenoxy) is 1. The Labute approximate surface area is 196 Å². The Kier molecular flexibility index (Phi) is 6.17. The van der Waals surface area contributed by atoms with Gasteiger partial charge in [0.15, 0.2) is 0 Å². The smallest absolute Gasteiger partial charge is 0.238 e. The Morgan fingerprint density at radius 1 is 1.12 bits per heavy atom. The highest BCUT2D eigenvalue weighted by atomic mass is 32.1. The van der Waals surface area contributed by atoms with Gasteiger partial charge in [-0.2, -0.15) is 0 Å². The molecule has 0 saturated carbocycles. The van der Waals surface area contributed by atoms with E-state index >= 15 is 0 Å². The fourth-order valence-electron chi connectivity index (χ4n) is 5.06. The van der Waals surface area contributed by atoms with Crippen molar-refractivity contribution in [1.29, 1.82) is 0 Å². The lowest BCUT2D eigenvalue weighted by atomic mass is 9.88. The summed E-state index contributed by atoms with van der Waals surface area (Å²) >= 11 is 1.87. The Balaban J connectivity index is 1.48. The molecule has 0 radical (unpaired) electrons. The third-order valence-electron chi connectivity index (χ3n) is 6.56. The molecule has 1 aromatic heterocycles. The number of fused-ring (bicyclic) bond motifs is 3. The van der Waals surface area contributed by atoms with Crippen LogP contribution in [0.1, 0.15) is 45.3 Å². The quantitative estimate of drug-likeness (QED) is 0.538. The van der Waals surface area contributed by atoms with E-state index in [1.165, 1.54) is 39.8 Å². The molecule has 1 amide bonds. The molecule has 2 heterocycles. The monoisotopic (exact) mass is 468 g/mol. The highest BCUT2D eigenvalue weighted by molar-refractivity contribution is 7.12. The predicted octanol–water partition coefficient (Wildman–Crippen LogP) is 5.50. The van der Waals surface area contributed by atoms with Gasteiger partial charge in [0, 0.05) is 27.9 Å². The standard InChI is InChI=1S/C26H26F2N2O2S/c1-32-22-8-4-2-7-19(22)25-26-18(17-6-3-5-9-23(17)33-26)12-13-30(25)15-24(31)29-21-11-10-16(27)14-20(21)28/h2,4,7-8,10-11,14,25H,3,5-6,9,12-13,15H2,1H3,(H,29,31)/t25-/m0/s1. The van der Waals surface area contributed by atoms with E-state index in [4.69, 9.17) is 4.74 Å². The number of amides is 1. The molecule has 1 aliphatic carbocycles. The molecule has 2 aromatic carbocycles. The van der Waals surface area contributed by atoms with Crippen LogP contribution in [0.25, 0.3) is 0 Å². The second-order valence-electron chi connectivity index (χ2n) is 8.59. The minimum absolute atomic E-state index is 0.0143. The van der Waals surface area contributed by atoms with E-state index in [1.54, 1.807) is 7.11 Å². The second-order valence-corrected chi connectivity index (χ2v) is 9.73.